The van der Waals surface area contributed by atoms with Gasteiger partial charge >= 0.3 is 12.4 Å². The minimum absolute atomic E-state index is 0.0491. The van der Waals surface area contributed by atoms with Crippen molar-refractivity contribution in [2.45, 2.75) is 31.6 Å². The molecular weight excluding hydrogens is 841 g/mol. The van der Waals surface area contributed by atoms with Crippen LogP contribution >= 0.6 is 0 Å². The molecule has 322 valence electrons. The number of hydrogen-bond acceptors (Lipinski definition) is 2. The van der Waals surface area contributed by atoms with Gasteiger partial charge in [-0.15, -0.1) is 0 Å². The lowest BCUT2D eigenvalue weighted by molar-refractivity contribution is -0.137. The van der Waals surface area contributed by atoms with Crippen molar-refractivity contribution in [2.24, 2.45) is 0 Å². The number of aromatic nitrogens is 3. The van der Waals surface area contributed by atoms with Crippen molar-refractivity contribution in [3.8, 4) is 73.0 Å². The van der Waals surface area contributed by atoms with Crippen LogP contribution in [0.4, 0.5) is 26.3 Å². The average molecular weight is 878 g/mol. The fraction of sp³-hybridized carbons (Fsp3) is 0.0877. The Kier molecular flexibility index (Phi) is 9.41. The maximum Gasteiger partial charge on any atom is 0.417 e. The Morgan fingerprint density at radius 3 is 1.47 bits per heavy atom. The van der Waals surface area contributed by atoms with Crippen LogP contribution in [0.1, 0.15) is 36.1 Å². The lowest BCUT2D eigenvalue weighted by Gasteiger charge is -2.25. The average Bonchev–Trinajstić information content (AvgIpc) is 3.78. The van der Waals surface area contributed by atoms with Gasteiger partial charge in [0.2, 0.25) is 0 Å². The topological polar surface area (TPSA) is 30.7 Å². The molecule has 2 heterocycles. The van der Waals surface area contributed by atoms with Gasteiger partial charge in [0.05, 0.1) is 39.2 Å². The van der Waals surface area contributed by atoms with Crippen LogP contribution in [0.2, 0.25) is 0 Å². The van der Waals surface area contributed by atoms with Gasteiger partial charge in [-0.3, -0.25) is 0 Å². The van der Waals surface area contributed by atoms with E-state index in [0.29, 0.717) is 22.4 Å². The first kappa shape index (κ1) is 41.0. The fourth-order valence-electron chi connectivity index (χ4n) is 10.0. The van der Waals surface area contributed by atoms with Gasteiger partial charge in [0.25, 0.3) is 0 Å². The van der Waals surface area contributed by atoms with Crippen molar-refractivity contribution in [3.63, 3.8) is 0 Å². The number of hydrogen-bond donors (Lipinski definition) is 0. The third-order valence-electron chi connectivity index (χ3n) is 12.9. The van der Waals surface area contributed by atoms with E-state index in [9.17, 15) is 0 Å². The minimum Gasteiger partial charge on any atom is -0.308 e. The minimum atomic E-state index is -4.84. The molecule has 0 aliphatic heterocycles. The van der Waals surface area contributed by atoms with Gasteiger partial charge < -0.3 is 4.57 Å². The number of halogens is 6. The van der Waals surface area contributed by atoms with Crippen LogP contribution in [0.15, 0.2) is 188 Å². The Hall–Kier alpha value is -7.78. The molecule has 0 amide bonds. The zero-order valence-electron chi connectivity index (χ0n) is 35.5. The molecule has 9 heteroatoms. The number of alkyl halides is 6. The molecular formula is C57H37F6N3. The molecule has 66 heavy (non-hydrogen) atoms. The number of rotatable bonds is 6. The van der Waals surface area contributed by atoms with Crippen molar-refractivity contribution in [1.82, 2.24) is 14.5 Å². The Bertz CT molecular complexity index is 3400. The predicted molar refractivity (Wildman–Crippen MR) is 251 cm³/mol. The third kappa shape index (κ3) is 6.60. The highest BCUT2D eigenvalue weighted by Gasteiger charge is 2.40. The number of benzene rings is 8. The van der Waals surface area contributed by atoms with Gasteiger partial charge in [0.1, 0.15) is 0 Å². The molecule has 1 aliphatic carbocycles. The van der Waals surface area contributed by atoms with Crippen LogP contribution in [0, 0.1) is 0 Å². The summed E-state index contributed by atoms with van der Waals surface area (Å²) in [6, 6.07) is 54.0. The van der Waals surface area contributed by atoms with Crippen molar-refractivity contribution >= 4 is 21.8 Å². The van der Waals surface area contributed by atoms with Gasteiger partial charge in [-0.25, -0.2) is 9.97 Å². The fourth-order valence-corrected chi connectivity index (χ4v) is 10.0. The van der Waals surface area contributed by atoms with Gasteiger partial charge in [-0.05, 0) is 75.8 Å². The van der Waals surface area contributed by atoms with Crippen molar-refractivity contribution in [2.75, 3.05) is 0 Å². The van der Waals surface area contributed by atoms with Gasteiger partial charge in [0.15, 0.2) is 5.82 Å². The molecule has 1 aliphatic rings. The second-order valence-electron chi connectivity index (χ2n) is 17.1. The summed E-state index contributed by atoms with van der Waals surface area (Å²) >= 11 is 0. The molecule has 3 nitrogen and oxygen atoms in total. The van der Waals surface area contributed by atoms with E-state index in [1.54, 1.807) is 12.1 Å². The molecule has 0 saturated carbocycles. The van der Waals surface area contributed by atoms with Gasteiger partial charge in [-0.2, -0.15) is 26.3 Å². The molecule has 0 fully saturated rings. The number of fused-ring (bicyclic) bond motifs is 7. The summed E-state index contributed by atoms with van der Waals surface area (Å²) < 4.78 is 94.5. The monoisotopic (exact) mass is 877 g/mol. The largest absolute Gasteiger partial charge is 0.417 e. The van der Waals surface area contributed by atoms with E-state index >= 15 is 26.3 Å². The van der Waals surface area contributed by atoms with Crippen LogP contribution in [-0.4, -0.2) is 14.5 Å². The zero-order valence-corrected chi connectivity index (χ0v) is 35.5. The SMILES string of the molecule is CC1(C)c2ccccc2-c2ccc3c(c21)c1ccccc1n3-c1c(-c2ccccc2C(F)(F)F)cc(-c2nc(-c3ccccc3)cc(-c3ccccc3)n2)cc1-c1ccccc1C(F)(F)F. The van der Waals surface area contributed by atoms with Gasteiger partial charge in [0, 0.05) is 44.0 Å². The van der Waals surface area contributed by atoms with Gasteiger partial charge in [-0.1, -0.05) is 159 Å². The van der Waals surface area contributed by atoms with Crippen LogP contribution in [0.3, 0.4) is 0 Å². The molecule has 11 rings (SSSR count). The third-order valence-corrected chi connectivity index (χ3v) is 12.9. The molecule has 0 bridgehead atoms. The normalized spacial score (nSPS) is 13.3. The van der Waals surface area contributed by atoms with E-state index in [-0.39, 0.29) is 39.3 Å². The summed E-state index contributed by atoms with van der Waals surface area (Å²) in [6.45, 7) is 4.31. The van der Waals surface area contributed by atoms with Crippen molar-refractivity contribution < 1.29 is 26.3 Å². The summed E-state index contributed by atoms with van der Waals surface area (Å²) in [6.07, 6.45) is -9.68. The van der Waals surface area contributed by atoms with E-state index < -0.39 is 28.9 Å². The Morgan fingerprint density at radius 2 is 0.909 bits per heavy atom. The standard InChI is InChI=1S/C57H37F6N3/c1-55(2)44-25-13-9-21-37(44)40-29-30-50-51(52(40)55)41-24-12-16-28-49(41)66(50)53-42(38-22-10-14-26-45(38)56(58,59)60)31-36(32-43(53)39-23-11-15-27-46(39)57(61,62)63)54-64-47(34-17-5-3-6-18-34)33-48(65-54)35-19-7-4-8-20-35/h3-33H,1-2H3. The lowest BCUT2D eigenvalue weighted by atomic mass is 9.80. The van der Waals surface area contributed by atoms with Crippen LogP contribution in [-0.2, 0) is 17.8 Å². The zero-order chi connectivity index (χ0) is 45.5. The quantitative estimate of drug-likeness (QED) is 0.156. The van der Waals surface area contributed by atoms with E-state index in [0.717, 1.165) is 56.3 Å². The summed E-state index contributed by atoms with van der Waals surface area (Å²) in [4.78, 5) is 10.0. The highest BCUT2D eigenvalue weighted by Crippen LogP contribution is 2.55. The van der Waals surface area contributed by atoms with Crippen molar-refractivity contribution in [1.29, 1.82) is 0 Å². The second kappa shape index (κ2) is 15.2. The lowest BCUT2D eigenvalue weighted by Crippen LogP contribution is -2.15. The maximum absolute atomic E-state index is 15.4. The summed E-state index contributed by atoms with van der Waals surface area (Å²) in [5, 5.41) is 1.68. The number of para-hydroxylation sites is 1. The second-order valence-corrected chi connectivity index (χ2v) is 17.1. The first-order valence-electron chi connectivity index (χ1n) is 21.5. The smallest absolute Gasteiger partial charge is 0.308 e. The van der Waals surface area contributed by atoms with E-state index in [1.807, 2.05) is 120 Å². The molecule has 0 saturated heterocycles. The molecule has 10 aromatic rings. The molecule has 0 spiro atoms. The Balaban J connectivity index is 1.33. The Labute approximate surface area is 376 Å². The molecule has 0 N–H and O–H groups in total. The van der Waals surface area contributed by atoms with E-state index in [1.165, 1.54) is 36.4 Å². The van der Waals surface area contributed by atoms with Crippen LogP contribution < -0.4 is 0 Å². The highest BCUT2D eigenvalue weighted by molar-refractivity contribution is 6.15. The first-order valence-corrected chi connectivity index (χ1v) is 21.5. The molecule has 0 unspecified atom stereocenters. The van der Waals surface area contributed by atoms with Crippen molar-refractivity contribution in [3.05, 3.63) is 210 Å². The molecule has 2 aromatic heterocycles. The molecule has 0 atom stereocenters. The molecule has 8 aromatic carbocycles. The summed E-state index contributed by atoms with van der Waals surface area (Å²) in [5.74, 6) is 0.123. The number of nitrogens with zero attached hydrogens (tertiary/aromatic N) is 3. The predicted octanol–water partition coefficient (Wildman–Crippen LogP) is 16.3. The summed E-state index contributed by atoms with van der Waals surface area (Å²) in [5.41, 5.74) is 5.72. The Morgan fingerprint density at radius 1 is 0.424 bits per heavy atom. The van der Waals surface area contributed by atoms with E-state index in [4.69, 9.17) is 9.97 Å². The maximum atomic E-state index is 15.4. The van der Waals surface area contributed by atoms with Crippen LogP contribution in [0.25, 0.3) is 94.8 Å². The summed E-state index contributed by atoms with van der Waals surface area (Å²) in [7, 11) is 0. The first-order chi connectivity index (χ1) is 31.8. The molecule has 0 radical (unpaired) electrons. The van der Waals surface area contributed by atoms with Crippen LogP contribution in [0.5, 0.6) is 0 Å². The highest BCUT2D eigenvalue weighted by atomic mass is 19.4. The van der Waals surface area contributed by atoms with E-state index in [2.05, 4.69) is 26.0 Å².